The Kier molecular flexibility index (Phi) is 29.4. The second kappa shape index (κ2) is 28.7. The summed E-state index contributed by atoms with van der Waals surface area (Å²) in [6.07, 6.45) is 38.4. The molecule has 0 fully saturated rings. The molecule has 0 saturated carbocycles. The van der Waals surface area contributed by atoms with Crippen LogP contribution in [0.3, 0.4) is 0 Å². The molecule has 0 radical (unpaired) electrons. The monoisotopic (exact) mass is 550 g/mol. The predicted octanol–water partition coefficient (Wildman–Crippen LogP) is 11.3. The van der Waals surface area contributed by atoms with Gasteiger partial charge in [0.2, 0.25) is 0 Å². The Morgan fingerprint density at radius 1 is 0.387 bits per heavy atom. The van der Waals surface area contributed by atoms with Crippen LogP contribution in [0.4, 0.5) is 0 Å². The lowest BCUT2D eigenvalue weighted by Gasteiger charge is -2.05. The fourth-order valence-corrected chi connectivity index (χ4v) is 5.07. The Balaban J connectivity index is 2.99. The SMILES string of the molecule is CCCCCCCCCCCCCCCCCCCCCCCCCCCCC(O)I. The summed E-state index contributed by atoms with van der Waals surface area (Å²) in [5.41, 5.74) is 0. The van der Waals surface area contributed by atoms with Crippen LogP contribution < -0.4 is 0 Å². The molecule has 0 aliphatic carbocycles. The highest BCUT2D eigenvalue weighted by Crippen LogP contribution is 2.16. The van der Waals surface area contributed by atoms with Crippen molar-refractivity contribution < 1.29 is 5.11 Å². The van der Waals surface area contributed by atoms with Crippen molar-refractivity contribution in [1.29, 1.82) is 0 Å². The topological polar surface area (TPSA) is 20.2 Å². The molecule has 0 aliphatic rings. The van der Waals surface area contributed by atoms with E-state index in [2.05, 4.69) is 29.5 Å². The van der Waals surface area contributed by atoms with Gasteiger partial charge < -0.3 is 5.11 Å². The van der Waals surface area contributed by atoms with E-state index < -0.39 is 0 Å². The first-order chi connectivity index (χ1) is 15.3. The zero-order valence-electron chi connectivity index (χ0n) is 21.5. The molecule has 0 aliphatic heterocycles. The van der Waals surface area contributed by atoms with Crippen LogP contribution in [-0.2, 0) is 0 Å². The van der Waals surface area contributed by atoms with Crippen molar-refractivity contribution in [2.24, 2.45) is 0 Å². The fraction of sp³-hybridized carbons (Fsp3) is 1.00. The number of hydrogen-bond acceptors (Lipinski definition) is 1. The van der Waals surface area contributed by atoms with Crippen LogP contribution in [0.15, 0.2) is 0 Å². The molecule has 1 N–H and O–H groups in total. The first-order valence-corrected chi connectivity index (χ1v) is 15.8. The number of aliphatic hydroxyl groups is 1. The number of hydrogen-bond donors (Lipinski definition) is 1. The van der Waals surface area contributed by atoms with Crippen molar-refractivity contribution in [3.63, 3.8) is 0 Å². The quantitative estimate of drug-likeness (QED) is 0.0613. The third kappa shape index (κ3) is 30.7. The second-order valence-electron chi connectivity index (χ2n) is 10.1. The van der Waals surface area contributed by atoms with Crippen molar-refractivity contribution in [2.75, 3.05) is 0 Å². The lowest BCUT2D eigenvalue weighted by molar-refractivity contribution is 0.263. The van der Waals surface area contributed by atoms with E-state index in [1.54, 1.807) is 0 Å². The van der Waals surface area contributed by atoms with Gasteiger partial charge in [-0.25, -0.2) is 0 Å². The van der Waals surface area contributed by atoms with Crippen LogP contribution >= 0.6 is 22.6 Å². The van der Waals surface area contributed by atoms with Gasteiger partial charge in [0.1, 0.15) is 4.11 Å². The van der Waals surface area contributed by atoms with E-state index in [9.17, 15) is 5.11 Å². The van der Waals surface area contributed by atoms with Gasteiger partial charge in [-0.15, -0.1) is 0 Å². The van der Waals surface area contributed by atoms with Crippen molar-refractivity contribution in [1.82, 2.24) is 0 Å². The molecule has 188 valence electrons. The molecule has 0 spiro atoms. The van der Waals surface area contributed by atoms with Crippen molar-refractivity contribution in [2.45, 2.75) is 184 Å². The van der Waals surface area contributed by atoms with Gasteiger partial charge >= 0.3 is 0 Å². The number of unbranched alkanes of at least 4 members (excludes halogenated alkanes) is 25. The Morgan fingerprint density at radius 2 is 0.581 bits per heavy atom. The number of alkyl halides is 1. The molecule has 0 aromatic heterocycles. The Bertz CT molecular complexity index is 305. The molecular weight excluding hydrogens is 491 g/mol. The normalized spacial score (nSPS) is 12.5. The summed E-state index contributed by atoms with van der Waals surface area (Å²) in [7, 11) is 0. The minimum Gasteiger partial charge on any atom is -0.383 e. The largest absolute Gasteiger partial charge is 0.383 e. The van der Waals surface area contributed by atoms with Crippen LogP contribution in [0.25, 0.3) is 0 Å². The number of halogens is 1. The van der Waals surface area contributed by atoms with Gasteiger partial charge in [-0.1, -0.05) is 196 Å². The summed E-state index contributed by atoms with van der Waals surface area (Å²) in [4.78, 5) is 0. The first-order valence-electron chi connectivity index (χ1n) is 14.6. The molecule has 1 unspecified atom stereocenters. The Labute approximate surface area is 211 Å². The summed E-state index contributed by atoms with van der Waals surface area (Å²) >= 11 is 2.11. The number of aliphatic hydroxyl groups excluding tert-OH is 1. The molecule has 0 amide bonds. The zero-order chi connectivity index (χ0) is 22.7. The van der Waals surface area contributed by atoms with Gasteiger partial charge in [0.05, 0.1) is 0 Å². The predicted molar refractivity (Wildman–Crippen MR) is 150 cm³/mol. The summed E-state index contributed by atoms with van der Waals surface area (Å²) < 4.78 is -0.132. The molecule has 31 heavy (non-hydrogen) atoms. The molecule has 1 nitrogen and oxygen atoms in total. The van der Waals surface area contributed by atoms with Crippen LogP contribution in [0.2, 0.25) is 0 Å². The molecule has 0 aromatic carbocycles. The van der Waals surface area contributed by atoms with E-state index >= 15 is 0 Å². The average Bonchev–Trinajstić information content (AvgIpc) is 2.76. The fourth-order valence-electron chi connectivity index (χ4n) is 4.63. The van der Waals surface area contributed by atoms with Gasteiger partial charge in [-0.05, 0) is 6.42 Å². The van der Waals surface area contributed by atoms with Crippen molar-refractivity contribution in [3.05, 3.63) is 0 Å². The van der Waals surface area contributed by atoms with Gasteiger partial charge in [0.15, 0.2) is 0 Å². The van der Waals surface area contributed by atoms with Crippen molar-refractivity contribution in [3.8, 4) is 0 Å². The van der Waals surface area contributed by atoms with E-state index in [1.807, 2.05) is 0 Å². The minimum absolute atomic E-state index is 0.132. The molecule has 0 aromatic rings. The van der Waals surface area contributed by atoms with Crippen LogP contribution in [0, 0.1) is 0 Å². The Hall–Kier alpha value is 0.690. The van der Waals surface area contributed by atoms with E-state index in [-0.39, 0.29) is 4.11 Å². The molecule has 1 atom stereocenters. The maximum atomic E-state index is 9.23. The van der Waals surface area contributed by atoms with Gasteiger partial charge in [0.25, 0.3) is 0 Å². The minimum atomic E-state index is -0.132. The molecule has 0 saturated heterocycles. The van der Waals surface area contributed by atoms with E-state index in [0.29, 0.717) is 0 Å². The van der Waals surface area contributed by atoms with Crippen molar-refractivity contribution >= 4 is 22.6 Å². The maximum absolute atomic E-state index is 9.23. The smallest absolute Gasteiger partial charge is 0.105 e. The third-order valence-corrected chi connectivity index (χ3v) is 7.42. The average molecular weight is 551 g/mol. The second-order valence-corrected chi connectivity index (χ2v) is 11.5. The lowest BCUT2D eigenvalue weighted by Crippen LogP contribution is -1.93. The van der Waals surface area contributed by atoms with E-state index in [1.165, 1.54) is 167 Å². The van der Waals surface area contributed by atoms with Gasteiger partial charge in [-0.2, -0.15) is 0 Å². The molecule has 0 heterocycles. The third-order valence-electron chi connectivity index (χ3n) is 6.80. The van der Waals surface area contributed by atoms with Crippen LogP contribution in [-0.4, -0.2) is 9.22 Å². The van der Waals surface area contributed by atoms with E-state index in [4.69, 9.17) is 0 Å². The molecule has 2 heteroatoms. The highest BCUT2D eigenvalue weighted by Gasteiger charge is 1.98. The standard InChI is InChI=1S/C29H59IO/c1-2-3-4-5-6-7-8-9-10-11-12-13-14-15-16-17-18-19-20-21-22-23-24-25-26-27-28-29(30)31/h29,31H,2-28H2,1H3. The molecule has 0 rings (SSSR count). The zero-order valence-corrected chi connectivity index (χ0v) is 23.7. The Morgan fingerprint density at radius 3 is 0.774 bits per heavy atom. The van der Waals surface area contributed by atoms with Crippen LogP contribution in [0.5, 0.6) is 0 Å². The maximum Gasteiger partial charge on any atom is 0.105 e. The summed E-state index contributed by atoms with van der Waals surface area (Å²) in [5.74, 6) is 0. The summed E-state index contributed by atoms with van der Waals surface area (Å²) in [6, 6.07) is 0. The highest BCUT2D eigenvalue weighted by atomic mass is 127. The summed E-state index contributed by atoms with van der Waals surface area (Å²) in [5, 5.41) is 9.23. The van der Waals surface area contributed by atoms with Crippen LogP contribution in [0.1, 0.15) is 180 Å². The number of rotatable bonds is 27. The van der Waals surface area contributed by atoms with Gasteiger partial charge in [-0.3, -0.25) is 0 Å². The summed E-state index contributed by atoms with van der Waals surface area (Å²) in [6.45, 7) is 2.30. The molecular formula is C29H59IO. The first kappa shape index (κ1) is 31.7. The molecule has 0 bridgehead atoms. The lowest BCUT2D eigenvalue weighted by atomic mass is 10.0. The highest BCUT2D eigenvalue weighted by molar-refractivity contribution is 14.1. The van der Waals surface area contributed by atoms with Gasteiger partial charge in [0, 0.05) is 0 Å². The van der Waals surface area contributed by atoms with E-state index in [0.717, 1.165) is 6.42 Å².